The molecule has 126 valence electrons. The molecule has 0 atom stereocenters. The Morgan fingerprint density at radius 1 is 1.21 bits per heavy atom. The van der Waals surface area contributed by atoms with Crippen molar-refractivity contribution in [1.82, 2.24) is 10.3 Å². The van der Waals surface area contributed by atoms with E-state index in [4.69, 9.17) is 0 Å². The van der Waals surface area contributed by atoms with Gasteiger partial charge in [0, 0.05) is 27.7 Å². The second-order valence-corrected chi connectivity index (χ2v) is 6.46. The van der Waals surface area contributed by atoms with Crippen molar-refractivity contribution in [1.29, 1.82) is 0 Å². The molecule has 0 aliphatic rings. The van der Waals surface area contributed by atoms with E-state index < -0.39 is 0 Å². The summed E-state index contributed by atoms with van der Waals surface area (Å²) in [6.45, 7) is 5.21. The fourth-order valence-electron chi connectivity index (χ4n) is 2.48. The Balaban J connectivity index is 2.30. The van der Waals surface area contributed by atoms with Crippen molar-refractivity contribution in [3.63, 3.8) is 0 Å². The molecule has 5 nitrogen and oxygen atoms in total. The fraction of sp³-hybridized carbons (Fsp3) is 0.278. The van der Waals surface area contributed by atoms with E-state index in [2.05, 4.69) is 26.2 Å². The van der Waals surface area contributed by atoms with E-state index in [0.29, 0.717) is 34.5 Å². The van der Waals surface area contributed by atoms with Gasteiger partial charge in [0.05, 0.1) is 6.54 Å². The van der Waals surface area contributed by atoms with Gasteiger partial charge in [-0.05, 0) is 31.5 Å². The average Bonchev–Trinajstić information content (AvgIpc) is 2.86. The Morgan fingerprint density at radius 2 is 1.92 bits per heavy atom. The number of aryl methyl sites for hydroxylation is 1. The van der Waals surface area contributed by atoms with Gasteiger partial charge in [-0.15, -0.1) is 0 Å². The molecule has 6 heteroatoms. The number of rotatable bonds is 6. The Morgan fingerprint density at radius 3 is 2.54 bits per heavy atom. The predicted octanol–water partition coefficient (Wildman–Crippen LogP) is 3.33. The molecule has 1 aromatic heterocycles. The maximum absolute atomic E-state index is 12.8. The third kappa shape index (κ3) is 3.82. The fourth-order valence-corrected chi connectivity index (χ4v) is 2.88. The number of hydrogen-bond acceptors (Lipinski definition) is 3. The summed E-state index contributed by atoms with van der Waals surface area (Å²) < 4.78 is 0.815. The number of carbonyl (C=O) groups is 3. The number of carbonyl (C=O) groups excluding carboxylic acids is 3. The Labute approximate surface area is 149 Å². The first-order valence-electron chi connectivity index (χ1n) is 7.64. The van der Waals surface area contributed by atoms with E-state index in [1.165, 1.54) is 0 Å². The highest BCUT2D eigenvalue weighted by molar-refractivity contribution is 9.10. The van der Waals surface area contributed by atoms with E-state index in [9.17, 15) is 14.4 Å². The summed E-state index contributed by atoms with van der Waals surface area (Å²) in [7, 11) is 0. The number of ketones is 2. The van der Waals surface area contributed by atoms with Crippen LogP contribution in [0.3, 0.4) is 0 Å². The number of nitrogens with one attached hydrogen (secondary N) is 2. The zero-order chi connectivity index (χ0) is 17.9. The first-order valence-corrected chi connectivity index (χ1v) is 8.43. The van der Waals surface area contributed by atoms with Crippen molar-refractivity contribution in [2.24, 2.45) is 0 Å². The zero-order valence-electron chi connectivity index (χ0n) is 13.8. The Bertz CT molecular complexity index is 809. The van der Waals surface area contributed by atoms with Gasteiger partial charge in [0.15, 0.2) is 11.6 Å². The first-order chi connectivity index (χ1) is 11.3. The number of aromatic amines is 1. The van der Waals surface area contributed by atoms with E-state index in [1.807, 2.05) is 6.07 Å². The number of aromatic nitrogens is 1. The van der Waals surface area contributed by atoms with Gasteiger partial charge in [-0.25, -0.2) is 0 Å². The molecule has 0 bridgehead atoms. The van der Waals surface area contributed by atoms with Gasteiger partial charge in [-0.3, -0.25) is 14.4 Å². The minimum absolute atomic E-state index is 0.0122. The van der Waals surface area contributed by atoms with Crippen LogP contribution in [0.1, 0.15) is 51.0 Å². The van der Waals surface area contributed by atoms with Crippen molar-refractivity contribution < 1.29 is 14.4 Å². The molecule has 1 aromatic carbocycles. The van der Waals surface area contributed by atoms with Gasteiger partial charge in [-0.2, -0.15) is 0 Å². The van der Waals surface area contributed by atoms with E-state index in [0.717, 1.165) is 4.47 Å². The summed E-state index contributed by atoms with van der Waals surface area (Å²) in [5.74, 6) is -0.577. The number of Topliss-reactive ketones (excluding diaryl/α,β-unsaturated/α-hetero) is 1. The second-order valence-electron chi connectivity index (χ2n) is 5.54. The molecular weight excluding hydrogens is 372 g/mol. The Kier molecular flexibility index (Phi) is 5.72. The highest BCUT2D eigenvalue weighted by atomic mass is 79.9. The van der Waals surface area contributed by atoms with Crippen LogP contribution in [0.4, 0.5) is 0 Å². The summed E-state index contributed by atoms with van der Waals surface area (Å²) in [6, 6.07) is 7.11. The molecule has 0 unspecified atom stereocenters. The molecule has 0 aliphatic carbocycles. The third-order valence-electron chi connectivity index (χ3n) is 3.82. The lowest BCUT2D eigenvalue weighted by molar-refractivity contribution is -0.117. The van der Waals surface area contributed by atoms with Gasteiger partial charge < -0.3 is 10.3 Å². The summed E-state index contributed by atoms with van der Waals surface area (Å²) in [4.78, 5) is 39.3. The van der Waals surface area contributed by atoms with Gasteiger partial charge in [0.25, 0.3) is 5.91 Å². The normalized spacial score (nSPS) is 10.5. The summed E-state index contributed by atoms with van der Waals surface area (Å²) in [5.41, 5.74) is 2.56. The van der Waals surface area contributed by atoms with E-state index in [-0.39, 0.29) is 24.0 Å². The molecule has 2 aromatic rings. The minimum atomic E-state index is -0.384. The molecule has 0 radical (unpaired) electrons. The molecule has 24 heavy (non-hydrogen) atoms. The molecule has 0 aliphatic heterocycles. The minimum Gasteiger partial charge on any atom is -0.354 e. The highest BCUT2D eigenvalue weighted by Crippen LogP contribution is 2.23. The topological polar surface area (TPSA) is 79.0 Å². The number of H-pyrrole nitrogens is 1. The van der Waals surface area contributed by atoms with Crippen LogP contribution in [0, 0.1) is 13.8 Å². The number of hydrogen-bond donors (Lipinski definition) is 2. The second kappa shape index (κ2) is 7.57. The molecule has 0 saturated carbocycles. The monoisotopic (exact) mass is 390 g/mol. The lowest BCUT2D eigenvalue weighted by Gasteiger charge is -2.04. The Hall–Kier alpha value is -2.21. The number of benzene rings is 1. The van der Waals surface area contributed by atoms with Crippen LogP contribution in [0.25, 0.3) is 0 Å². The van der Waals surface area contributed by atoms with Crippen LogP contribution >= 0.6 is 15.9 Å². The van der Waals surface area contributed by atoms with Crippen molar-refractivity contribution >= 4 is 33.4 Å². The van der Waals surface area contributed by atoms with Crippen LogP contribution < -0.4 is 5.32 Å². The largest absolute Gasteiger partial charge is 0.354 e. The third-order valence-corrected chi connectivity index (χ3v) is 4.31. The zero-order valence-corrected chi connectivity index (χ0v) is 15.4. The highest BCUT2D eigenvalue weighted by Gasteiger charge is 2.23. The predicted molar refractivity (Wildman–Crippen MR) is 95.5 cm³/mol. The molecule has 1 heterocycles. The SMILES string of the molecule is CCC(=O)CNC(=O)c1[nH]c(C)c(C(=O)c2cccc(Br)c2)c1C. The average molecular weight is 391 g/mol. The van der Waals surface area contributed by atoms with Crippen LogP contribution in [0.5, 0.6) is 0 Å². The van der Waals surface area contributed by atoms with Gasteiger partial charge in [-0.1, -0.05) is 35.0 Å². The maximum atomic E-state index is 12.8. The summed E-state index contributed by atoms with van der Waals surface area (Å²) >= 11 is 3.35. The first kappa shape index (κ1) is 18.1. The maximum Gasteiger partial charge on any atom is 0.268 e. The lowest BCUT2D eigenvalue weighted by atomic mass is 9.99. The van der Waals surface area contributed by atoms with Crippen molar-refractivity contribution in [3.8, 4) is 0 Å². The van der Waals surface area contributed by atoms with Gasteiger partial charge >= 0.3 is 0 Å². The molecule has 0 spiro atoms. The van der Waals surface area contributed by atoms with Crippen LogP contribution in [0.2, 0.25) is 0 Å². The van der Waals surface area contributed by atoms with Crippen molar-refractivity contribution in [2.75, 3.05) is 6.54 Å². The van der Waals surface area contributed by atoms with Crippen LogP contribution in [-0.4, -0.2) is 29.0 Å². The van der Waals surface area contributed by atoms with E-state index >= 15 is 0 Å². The smallest absolute Gasteiger partial charge is 0.268 e. The number of amides is 1. The lowest BCUT2D eigenvalue weighted by Crippen LogP contribution is -2.29. The summed E-state index contributed by atoms with van der Waals surface area (Å²) in [5, 5.41) is 2.58. The molecular formula is C18H19BrN2O3. The standard InChI is InChI=1S/C18H19BrN2O3/c1-4-14(22)9-20-18(24)16-10(2)15(11(3)21-16)17(23)12-6-5-7-13(19)8-12/h5-8,21H,4,9H2,1-3H3,(H,20,24). The molecule has 2 rings (SSSR count). The van der Waals surface area contributed by atoms with Crippen molar-refractivity contribution in [2.45, 2.75) is 27.2 Å². The molecule has 0 saturated heterocycles. The van der Waals surface area contributed by atoms with Crippen LogP contribution in [-0.2, 0) is 4.79 Å². The van der Waals surface area contributed by atoms with Crippen molar-refractivity contribution in [3.05, 3.63) is 56.8 Å². The number of halogens is 1. The molecule has 0 fully saturated rings. The van der Waals surface area contributed by atoms with Gasteiger partial charge in [0.2, 0.25) is 0 Å². The molecule has 1 amide bonds. The molecule has 2 N–H and O–H groups in total. The summed E-state index contributed by atoms with van der Waals surface area (Å²) in [6.07, 6.45) is 0.371. The van der Waals surface area contributed by atoms with Crippen LogP contribution in [0.15, 0.2) is 28.7 Å². The quantitative estimate of drug-likeness (QED) is 0.742. The van der Waals surface area contributed by atoms with E-state index in [1.54, 1.807) is 39.0 Å². The van der Waals surface area contributed by atoms with Gasteiger partial charge in [0.1, 0.15) is 5.69 Å².